The topological polar surface area (TPSA) is 26.0 Å². The normalized spacial score (nSPS) is 12.0. The number of nitrogens with two attached hydrogens (primary N) is 1. The summed E-state index contributed by atoms with van der Waals surface area (Å²) in [6, 6.07) is 2.18. The van der Waals surface area contributed by atoms with Crippen LogP contribution in [0.3, 0.4) is 0 Å². The van der Waals surface area contributed by atoms with Crippen molar-refractivity contribution in [1.82, 2.24) is 0 Å². The average Bonchev–Trinajstić information content (AvgIpc) is 2.11. The van der Waals surface area contributed by atoms with Gasteiger partial charge in [-0.3, -0.25) is 0 Å². The van der Waals surface area contributed by atoms with Crippen molar-refractivity contribution in [3.05, 3.63) is 16.5 Å². The fourth-order valence-corrected chi connectivity index (χ4v) is 1.86. The molecule has 11 heavy (non-hydrogen) atoms. The van der Waals surface area contributed by atoms with Crippen LogP contribution in [0.15, 0.2) is 6.07 Å². The minimum Gasteiger partial charge on any atom is -0.390 e. The molecule has 2 heteroatoms. The van der Waals surface area contributed by atoms with Gasteiger partial charge in [0.2, 0.25) is 0 Å². The van der Waals surface area contributed by atoms with Crippen LogP contribution in [0.2, 0.25) is 0 Å². The molecule has 0 radical (unpaired) electrons. The molecule has 62 valence electrons. The van der Waals surface area contributed by atoms with E-state index in [4.69, 9.17) is 5.73 Å². The number of thiophene rings is 1. The number of anilines is 1. The second-order valence-electron chi connectivity index (χ2n) is 3.91. The zero-order valence-corrected chi connectivity index (χ0v) is 8.38. The first-order chi connectivity index (χ1) is 4.91. The molecule has 0 aliphatic rings. The number of rotatable bonds is 0. The Labute approximate surface area is 72.2 Å². The van der Waals surface area contributed by atoms with E-state index in [0.29, 0.717) is 0 Å². The highest BCUT2D eigenvalue weighted by atomic mass is 32.1. The minimum atomic E-state index is 0.243. The van der Waals surface area contributed by atoms with E-state index in [0.717, 1.165) is 5.00 Å². The highest BCUT2D eigenvalue weighted by Crippen LogP contribution is 2.33. The van der Waals surface area contributed by atoms with Gasteiger partial charge in [0.25, 0.3) is 0 Å². The van der Waals surface area contributed by atoms with Gasteiger partial charge in [-0.25, -0.2) is 0 Å². The van der Waals surface area contributed by atoms with E-state index in [1.807, 2.05) is 0 Å². The lowest BCUT2D eigenvalue weighted by atomic mass is 9.94. The van der Waals surface area contributed by atoms with Crippen LogP contribution < -0.4 is 5.73 Å². The summed E-state index contributed by atoms with van der Waals surface area (Å²) in [4.78, 5) is 1.37. The van der Waals surface area contributed by atoms with Gasteiger partial charge in [-0.2, -0.15) is 0 Å². The molecule has 0 fully saturated rings. The highest BCUT2D eigenvalue weighted by Gasteiger charge is 2.16. The summed E-state index contributed by atoms with van der Waals surface area (Å²) in [6.07, 6.45) is 0. The van der Waals surface area contributed by atoms with Crippen LogP contribution in [0.25, 0.3) is 0 Å². The molecule has 1 aromatic heterocycles. The van der Waals surface area contributed by atoms with E-state index in [2.05, 4.69) is 33.8 Å². The molecular formula is C9H15NS. The Morgan fingerprint density at radius 1 is 1.36 bits per heavy atom. The van der Waals surface area contributed by atoms with Crippen molar-refractivity contribution in [2.45, 2.75) is 33.1 Å². The van der Waals surface area contributed by atoms with E-state index in [9.17, 15) is 0 Å². The van der Waals surface area contributed by atoms with Crippen molar-refractivity contribution < 1.29 is 0 Å². The number of hydrogen-bond acceptors (Lipinski definition) is 2. The van der Waals surface area contributed by atoms with Crippen molar-refractivity contribution in [2.24, 2.45) is 0 Å². The molecule has 0 aliphatic carbocycles. The quantitative estimate of drug-likeness (QED) is 0.635. The van der Waals surface area contributed by atoms with Crippen LogP contribution in [0, 0.1) is 6.92 Å². The van der Waals surface area contributed by atoms with Crippen LogP contribution in [0.5, 0.6) is 0 Å². The molecule has 1 rings (SSSR count). The maximum atomic E-state index is 5.76. The molecule has 0 unspecified atom stereocenters. The average molecular weight is 169 g/mol. The Morgan fingerprint density at radius 2 is 1.91 bits per heavy atom. The molecule has 0 amide bonds. The van der Waals surface area contributed by atoms with E-state index >= 15 is 0 Å². The fraction of sp³-hybridized carbons (Fsp3) is 0.556. The maximum Gasteiger partial charge on any atom is 0.0889 e. The molecule has 0 spiro atoms. The SMILES string of the molecule is Cc1cc(C(C)(C)C)sc1N. The Balaban J connectivity index is 3.08. The molecule has 2 N–H and O–H groups in total. The first-order valence-electron chi connectivity index (χ1n) is 3.77. The Hall–Kier alpha value is -0.500. The summed E-state index contributed by atoms with van der Waals surface area (Å²) in [6.45, 7) is 8.67. The van der Waals surface area contributed by atoms with Gasteiger partial charge in [-0.05, 0) is 24.0 Å². The summed E-state index contributed by atoms with van der Waals surface area (Å²) < 4.78 is 0. The lowest BCUT2D eigenvalue weighted by molar-refractivity contribution is 0.603. The molecule has 0 saturated carbocycles. The van der Waals surface area contributed by atoms with Gasteiger partial charge in [0.05, 0.1) is 5.00 Å². The van der Waals surface area contributed by atoms with E-state index in [-0.39, 0.29) is 5.41 Å². The van der Waals surface area contributed by atoms with Crippen molar-refractivity contribution in [3.63, 3.8) is 0 Å². The number of aryl methyl sites for hydroxylation is 1. The molecule has 1 heterocycles. The highest BCUT2D eigenvalue weighted by molar-refractivity contribution is 7.16. The molecule has 0 aromatic carbocycles. The number of nitrogen functional groups attached to an aromatic ring is 1. The summed E-state index contributed by atoms with van der Waals surface area (Å²) in [7, 11) is 0. The van der Waals surface area contributed by atoms with Crippen molar-refractivity contribution in [3.8, 4) is 0 Å². The van der Waals surface area contributed by atoms with Crippen LogP contribution in [-0.4, -0.2) is 0 Å². The Morgan fingerprint density at radius 3 is 2.09 bits per heavy atom. The lowest BCUT2D eigenvalue weighted by Crippen LogP contribution is -2.07. The smallest absolute Gasteiger partial charge is 0.0889 e. The Kier molecular flexibility index (Phi) is 1.97. The monoisotopic (exact) mass is 169 g/mol. The van der Waals surface area contributed by atoms with Crippen molar-refractivity contribution in [1.29, 1.82) is 0 Å². The summed E-state index contributed by atoms with van der Waals surface area (Å²) in [5, 5.41) is 0.954. The van der Waals surface area contributed by atoms with Gasteiger partial charge in [-0.15, -0.1) is 11.3 Å². The molecule has 0 saturated heterocycles. The summed E-state index contributed by atoms with van der Waals surface area (Å²) in [5.41, 5.74) is 7.21. The maximum absolute atomic E-state index is 5.76. The molecule has 0 atom stereocenters. The third kappa shape index (κ3) is 1.74. The van der Waals surface area contributed by atoms with Gasteiger partial charge >= 0.3 is 0 Å². The minimum absolute atomic E-state index is 0.243. The van der Waals surface area contributed by atoms with Crippen molar-refractivity contribution >= 4 is 16.3 Å². The molecule has 0 bridgehead atoms. The predicted octanol–water partition coefficient (Wildman–Crippen LogP) is 2.94. The molecular weight excluding hydrogens is 154 g/mol. The second-order valence-corrected chi connectivity index (χ2v) is 4.99. The fourth-order valence-electron chi connectivity index (χ4n) is 0.866. The third-order valence-electron chi connectivity index (χ3n) is 1.70. The molecule has 1 nitrogen and oxygen atoms in total. The lowest BCUT2D eigenvalue weighted by Gasteiger charge is -2.14. The zero-order valence-electron chi connectivity index (χ0n) is 7.56. The first kappa shape index (κ1) is 8.60. The largest absolute Gasteiger partial charge is 0.390 e. The second kappa shape index (κ2) is 2.52. The first-order valence-corrected chi connectivity index (χ1v) is 4.59. The van der Waals surface area contributed by atoms with Crippen molar-refractivity contribution in [2.75, 3.05) is 5.73 Å². The van der Waals surface area contributed by atoms with Crippen LogP contribution in [-0.2, 0) is 5.41 Å². The predicted molar refractivity (Wildman–Crippen MR) is 52.2 cm³/mol. The molecule has 1 aromatic rings. The van der Waals surface area contributed by atoms with Crippen LogP contribution in [0.1, 0.15) is 31.2 Å². The van der Waals surface area contributed by atoms with E-state index in [1.165, 1.54) is 10.4 Å². The summed E-state index contributed by atoms with van der Waals surface area (Å²) in [5.74, 6) is 0. The van der Waals surface area contributed by atoms with Gasteiger partial charge in [0, 0.05) is 4.88 Å². The van der Waals surface area contributed by atoms with Crippen LogP contribution in [0.4, 0.5) is 5.00 Å². The van der Waals surface area contributed by atoms with Gasteiger partial charge < -0.3 is 5.73 Å². The molecule has 0 aliphatic heterocycles. The zero-order chi connectivity index (χ0) is 8.65. The summed E-state index contributed by atoms with van der Waals surface area (Å²) >= 11 is 1.70. The van der Waals surface area contributed by atoms with E-state index < -0.39 is 0 Å². The number of hydrogen-bond donors (Lipinski definition) is 1. The Bertz CT molecular complexity index is 236. The van der Waals surface area contributed by atoms with Gasteiger partial charge in [0.15, 0.2) is 0 Å². The van der Waals surface area contributed by atoms with Crippen LogP contribution >= 0.6 is 11.3 Å². The third-order valence-corrected chi connectivity index (χ3v) is 3.19. The van der Waals surface area contributed by atoms with Gasteiger partial charge in [-0.1, -0.05) is 20.8 Å². The standard InChI is InChI=1S/C9H15NS/c1-6-5-7(9(2,3)4)11-8(6)10/h5H,10H2,1-4H3. The van der Waals surface area contributed by atoms with E-state index in [1.54, 1.807) is 11.3 Å². The van der Waals surface area contributed by atoms with Gasteiger partial charge in [0.1, 0.15) is 0 Å².